The molecule has 1 aromatic carbocycles. The van der Waals surface area contributed by atoms with Crippen molar-refractivity contribution in [2.45, 2.75) is 47.6 Å². The number of amides is 1. The van der Waals surface area contributed by atoms with E-state index in [1.54, 1.807) is 24.7 Å². The van der Waals surface area contributed by atoms with Crippen LogP contribution in [-0.2, 0) is 17.8 Å². The molecule has 2 aromatic heterocycles. The normalized spacial score (nSPS) is 10.2. The van der Waals surface area contributed by atoms with Crippen molar-refractivity contribution in [3.05, 3.63) is 71.6 Å². The van der Waals surface area contributed by atoms with Crippen molar-refractivity contribution >= 4 is 17.4 Å². The number of nitrogens with zero attached hydrogens (tertiary/aromatic N) is 3. The second kappa shape index (κ2) is 12.4. The summed E-state index contributed by atoms with van der Waals surface area (Å²) >= 11 is 0. The van der Waals surface area contributed by atoms with Gasteiger partial charge in [0.15, 0.2) is 5.78 Å². The highest BCUT2D eigenvalue weighted by Crippen LogP contribution is 2.25. The van der Waals surface area contributed by atoms with Gasteiger partial charge in [-0.25, -0.2) is 9.97 Å². The molecule has 1 amide bonds. The van der Waals surface area contributed by atoms with E-state index >= 15 is 0 Å². The summed E-state index contributed by atoms with van der Waals surface area (Å²) in [6, 6.07) is 9.92. The van der Waals surface area contributed by atoms with Crippen molar-refractivity contribution in [2.75, 3.05) is 11.9 Å². The van der Waals surface area contributed by atoms with Crippen molar-refractivity contribution in [1.29, 1.82) is 0 Å². The number of aromatic nitrogens is 3. The minimum atomic E-state index is -0.258. The molecule has 3 aromatic rings. The molecule has 7 nitrogen and oxygen atoms in total. The Balaban J connectivity index is 0.00000176. The molecule has 2 N–H and O–H groups in total. The average molecular weight is 434 g/mol. The minimum absolute atomic E-state index is 0.0841. The fourth-order valence-corrected chi connectivity index (χ4v) is 2.99. The van der Waals surface area contributed by atoms with E-state index < -0.39 is 0 Å². The van der Waals surface area contributed by atoms with Crippen LogP contribution in [0.5, 0.6) is 0 Å². The number of ketones is 1. The SMILES string of the molecule is CC.CCc1cccc(-c2cnc(C(C)=O)c(NC(=O)CNCc3cnc(C)nc3)c2)c1. The first-order chi connectivity index (χ1) is 15.5. The summed E-state index contributed by atoms with van der Waals surface area (Å²) in [6.07, 6.45) is 6.03. The van der Waals surface area contributed by atoms with Gasteiger partial charge in [0.1, 0.15) is 11.5 Å². The van der Waals surface area contributed by atoms with Crippen molar-refractivity contribution in [2.24, 2.45) is 0 Å². The number of benzene rings is 1. The van der Waals surface area contributed by atoms with E-state index in [0.717, 1.165) is 23.1 Å². The van der Waals surface area contributed by atoms with Gasteiger partial charge in [-0.2, -0.15) is 0 Å². The quantitative estimate of drug-likeness (QED) is 0.512. The number of carbonyl (C=O) groups excluding carboxylic acids is 2. The van der Waals surface area contributed by atoms with Crippen molar-refractivity contribution in [3.63, 3.8) is 0 Å². The van der Waals surface area contributed by atoms with Crippen LogP contribution in [0.4, 0.5) is 5.69 Å². The van der Waals surface area contributed by atoms with Gasteiger partial charge in [0, 0.05) is 43.2 Å². The van der Waals surface area contributed by atoms with Crippen molar-refractivity contribution in [1.82, 2.24) is 20.3 Å². The summed E-state index contributed by atoms with van der Waals surface area (Å²) in [6.45, 7) is 9.90. The zero-order valence-corrected chi connectivity index (χ0v) is 19.4. The number of hydrogen-bond donors (Lipinski definition) is 2. The first-order valence-electron chi connectivity index (χ1n) is 10.8. The van der Waals surface area contributed by atoms with Gasteiger partial charge in [-0.1, -0.05) is 45.0 Å². The van der Waals surface area contributed by atoms with E-state index in [1.165, 1.54) is 12.5 Å². The highest BCUT2D eigenvalue weighted by Gasteiger charge is 2.14. The summed E-state index contributed by atoms with van der Waals surface area (Å²) in [5.74, 6) is 0.237. The molecule has 0 bridgehead atoms. The third-order valence-corrected chi connectivity index (χ3v) is 4.61. The first kappa shape index (κ1) is 24.8. The van der Waals surface area contributed by atoms with Crippen LogP contribution in [0, 0.1) is 6.92 Å². The van der Waals surface area contributed by atoms with Gasteiger partial charge in [-0.05, 0) is 30.5 Å². The topological polar surface area (TPSA) is 96.9 Å². The van der Waals surface area contributed by atoms with Crippen molar-refractivity contribution in [3.8, 4) is 11.1 Å². The molecule has 0 aliphatic rings. The van der Waals surface area contributed by atoms with Gasteiger partial charge >= 0.3 is 0 Å². The fourth-order valence-electron chi connectivity index (χ4n) is 2.99. The van der Waals surface area contributed by atoms with Gasteiger partial charge in [-0.3, -0.25) is 14.6 Å². The molecule has 2 heterocycles. The number of pyridine rings is 1. The number of rotatable bonds is 8. The van der Waals surface area contributed by atoms with Gasteiger partial charge < -0.3 is 10.6 Å². The summed E-state index contributed by atoms with van der Waals surface area (Å²) in [5.41, 5.74) is 4.58. The molecule has 0 saturated heterocycles. The molecule has 0 aliphatic heterocycles. The Labute approximate surface area is 189 Å². The highest BCUT2D eigenvalue weighted by atomic mass is 16.2. The van der Waals surface area contributed by atoms with Crippen LogP contribution in [0.15, 0.2) is 48.9 Å². The number of Topliss-reactive ketones (excluding diaryl/α,β-unsaturated/α-hetero) is 1. The lowest BCUT2D eigenvalue weighted by Gasteiger charge is -2.12. The summed E-state index contributed by atoms with van der Waals surface area (Å²) < 4.78 is 0. The Bertz CT molecular complexity index is 1050. The summed E-state index contributed by atoms with van der Waals surface area (Å²) in [5, 5.41) is 5.86. The van der Waals surface area contributed by atoms with E-state index in [-0.39, 0.29) is 23.9 Å². The highest BCUT2D eigenvalue weighted by molar-refractivity contribution is 6.03. The van der Waals surface area contributed by atoms with E-state index in [9.17, 15) is 9.59 Å². The molecule has 0 aliphatic carbocycles. The molecule has 7 heteroatoms. The Morgan fingerprint density at radius 2 is 1.66 bits per heavy atom. The molecule has 168 valence electrons. The fraction of sp³-hybridized carbons (Fsp3) is 0.320. The van der Waals surface area contributed by atoms with Crippen LogP contribution < -0.4 is 10.6 Å². The third-order valence-electron chi connectivity index (χ3n) is 4.61. The Hall–Kier alpha value is -3.45. The zero-order chi connectivity index (χ0) is 23.5. The van der Waals surface area contributed by atoms with E-state index in [1.807, 2.05) is 32.9 Å². The van der Waals surface area contributed by atoms with Gasteiger partial charge in [0.05, 0.1) is 12.2 Å². The van der Waals surface area contributed by atoms with Gasteiger partial charge in [0.25, 0.3) is 0 Å². The van der Waals surface area contributed by atoms with Crippen LogP contribution in [0.2, 0.25) is 0 Å². The number of nitrogens with one attached hydrogen (secondary N) is 2. The van der Waals surface area contributed by atoms with Crippen LogP contribution in [0.25, 0.3) is 11.1 Å². The molecule has 0 atom stereocenters. The Kier molecular flexibility index (Phi) is 9.63. The molecule has 32 heavy (non-hydrogen) atoms. The second-order valence-electron chi connectivity index (χ2n) is 7.02. The maximum atomic E-state index is 12.4. The Morgan fingerprint density at radius 3 is 2.31 bits per heavy atom. The van der Waals surface area contributed by atoms with Crippen LogP contribution in [0.1, 0.15) is 55.1 Å². The predicted octanol–water partition coefficient (Wildman–Crippen LogP) is 4.37. The van der Waals surface area contributed by atoms with E-state index in [2.05, 4.69) is 44.6 Å². The standard InChI is InChI=1S/C23H25N5O2.C2H6/c1-4-17-6-5-7-19(8-17)20-9-21(23(15(2)29)27-13-20)28-22(30)14-24-10-18-11-25-16(3)26-12-18;1-2/h5-9,11-13,24H,4,10,14H2,1-3H3,(H,28,30);1-2H3. The largest absolute Gasteiger partial charge is 0.323 e. The van der Waals surface area contributed by atoms with Gasteiger partial charge in [0.2, 0.25) is 5.91 Å². The van der Waals surface area contributed by atoms with Crippen molar-refractivity contribution < 1.29 is 9.59 Å². The van der Waals surface area contributed by atoms with Gasteiger partial charge in [-0.15, -0.1) is 0 Å². The second-order valence-corrected chi connectivity index (χ2v) is 7.02. The maximum Gasteiger partial charge on any atom is 0.238 e. The third kappa shape index (κ3) is 7.06. The molecule has 0 unspecified atom stereocenters. The lowest BCUT2D eigenvalue weighted by atomic mass is 10.0. The maximum absolute atomic E-state index is 12.4. The average Bonchev–Trinajstić information content (AvgIpc) is 2.81. The summed E-state index contributed by atoms with van der Waals surface area (Å²) in [4.78, 5) is 37.0. The number of anilines is 1. The van der Waals surface area contributed by atoms with Crippen LogP contribution in [-0.4, -0.2) is 33.2 Å². The monoisotopic (exact) mass is 433 g/mol. The number of hydrogen-bond acceptors (Lipinski definition) is 6. The smallest absolute Gasteiger partial charge is 0.238 e. The molecule has 0 saturated carbocycles. The van der Waals surface area contributed by atoms with E-state index in [0.29, 0.717) is 18.1 Å². The summed E-state index contributed by atoms with van der Waals surface area (Å²) in [7, 11) is 0. The van der Waals surface area contributed by atoms with E-state index in [4.69, 9.17) is 0 Å². The van der Waals surface area contributed by atoms with Crippen LogP contribution >= 0.6 is 0 Å². The lowest BCUT2D eigenvalue weighted by Crippen LogP contribution is -2.28. The molecular formula is C25H31N5O2. The zero-order valence-electron chi connectivity index (χ0n) is 19.4. The molecule has 3 rings (SSSR count). The molecule has 0 radical (unpaired) electrons. The Morgan fingerprint density at radius 1 is 0.938 bits per heavy atom. The number of carbonyl (C=O) groups is 2. The lowest BCUT2D eigenvalue weighted by molar-refractivity contribution is -0.115. The minimum Gasteiger partial charge on any atom is -0.323 e. The molecule has 0 fully saturated rings. The predicted molar refractivity (Wildman–Crippen MR) is 128 cm³/mol. The molecule has 0 spiro atoms. The number of aryl methyl sites for hydroxylation is 2. The van der Waals surface area contributed by atoms with Crippen LogP contribution in [0.3, 0.4) is 0 Å². The first-order valence-corrected chi connectivity index (χ1v) is 10.8. The molecular weight excluding hydrogens is 402 g/mol.